The summed E-state index contributed by atoms with van der Waals surface area (Å²) < 4.78 is 0. The van der Waals surface area contributed by atoms with E-state index < -0.39 is 0 Å². The van der Waals surface area contributed by atoms with Crippen LogP contribution in [0.3, 0.4) is 0 Å². The van der Waals surface area contributed by atoms with Crippen molar-refractivity contribution in [1.82, 2.24) is 15.1 Å². The van der Waals surface area contributed by atoms with E-state index in [0.29, 0.717) is 0 Å². The Morgan fingerprint density at radius 3 is 2.95 bits per heavy atom. The quantitative estimate of drug-likeness (QED) is 0.832. The van der Waals surface area contributed by atoms with E-state index in [0.717, 1.165) is 44.7 Å². The van der Waals surface area contributed by atoms with E-state index in [1.54, 1.807) is 0 Å². The number of nitrogens with one attached hydrogen (secondary N) is 1. The van der Waals surface area contributed by atoms with Crippen molar-refractivity contribution in [3.63, 3.8) is 0 Å². The average molecular weight is 273 g/mol. The minimum absolute atomic E-state index is 0.180. The molecule has 1 unspecified atom stereocenters. The molecule has 1 atom stereocenters. The minimum Gasteiger partial charge on any atom is -0.333 e. The Balaban J connectivity index is 1.80. The van der Waals surface area contributed by atoms with E-state index >= 15 is 0 Å². The van der Waals surface area contributed by atoms with Crippen molar-refractivity contribution in [2.45, 2.75) is 25.9 Å². The molecule has 0 bridgehead atoms. The molecule has 0 aromatic heterocycles. The molecular formula is C16H23N3O. The first-order valence-electron chi connectivity index (χ1n) is 7.47. The first-order valence-corrected chi connectivity index (χ1v) is 7.47. The molecule has 0 spiro atoms. The summed E-state index contributed by atoms with van der Waals surface area (Å²) in [5.41, 5.74) is 3.50. The third-order valence-electron chi connectivity index (χ3n) is 4.43. The number of rotatable bonds is 1. The Bertz CT molecular complexity index is 514. The van der Waals surface area contributed by atoms with Gasteiger partial charge >= 0.3 is 0 Å². The molecular weight excluding hydrogens is 250 g/mol. The number of amides is 1. The number of carbonyl (C=O) groups excluding carboxylic acids is 1. The maximum atomic E-state index is 12.7. The largest absolute Gasteiger partial charge is 0.333 e. The second-order valence-electron chi connectivity index (χ2n) is 6.02. The van der Waals surface area contributed by atoms with Crippen LogP contribution in [0.5, 0.6) is 0 Å². The molecule has 1 aromatic carbocycles. The van der Waals surface area contributed by atoms with Crippen molar-refractivity contribution in [1.29, 1.82) is 0 Å². The summed E-state index contributed by atoms with van der Waals surface area (Å²) in [6.45, 7) is 6.80. The van der Waals surface area contributed by atoms with E-state index in [4.69, 9.17) is 0 Å². The van der Waals surface area contributed by atoms with Crippen LogP contribution >= 0.6 is 0 Å². The van der Waals surface area contributed by atoms with Crippen molar-refractivity contribution >= 4 is 5.91 Å². The normalized spacial score (nSPS) is 23.5. The standard InChI is InChI=1S/C16H23N3O/c1-12-11-18(2)7-8-19(12)16(20)14-4-3-13-5-6-17-10-15(13)9-14/h3-4,9,12,17H,5-8,10-11H2,1-2H3. The highest BCUT2D eigenvalue weighted by molar-refractivity contribution is 5.94. The molecule has 108 valence electrons. The van der Waals surface area contributed by atoms with Gasteiger partial charge in [-0.15, -0.1) is 0 Å². The van der Waals surface area contributed by atoms with Gasteiger partial charge in [-0.1, -0.05) is 6.07 Å². The van der Waals surface area contributed by atoms with Gasteiger partial charge in [0, 0.05) is 37.8 Å². The van der Waals surface area contributed by atoms with Crippen LogP contribution < -0.4 is 5.32 Å². The summed E-state index contributed by atoms with van der Waals surface area (Å²) in [5, 5.41) is 3.37. The second kappa shape index (κ2) is 5.54. The highest BCUT2D eigenvalue weighted by atomic mass is 16.2. The molecule has 0 radical (unpaired) electrons. The monoisotopic (exact) mass is 273 g/mol. The number of fused-ring (bicyclic) bond motifs is 1. The first kappa shape index (κ1) is 13.6. The Morgan fingerprint density at radius 1 is 1.30 bits per heavy atom. The number of benzene rings is 1. The third kappa shape index (κ3) is 2.58. The zero-order chi connectivity index (χ0) is 14.1. The molecule has 2 aliphatic rings. The van der Waals surface area contributed by atoms with Gasteiger partial charge in [-0.2, -0.15) is 0 Å². The maximum absolute atomic E-state index is 12.7. The Morgan fingerprint density at radius 2 is 2.15 bits per heavy atom. The molecule has 1 saturated heterocycles. The zero-order valence-electron chi connectivity index (χ0n) is 12.4. The van der Waals surface area contributed by atoms with Crippen LogP contribution in [-0.4, -0.2) is 55.0 Å². The number of piperazine rings is 1. The Kier molecular flexibility index (Phi) is 3.76. The molecule has 1 fully saturated rings. The first-order chi connectivity index (χ1) is 9.65. The Hall–Kier alpha value is -1.39. The number of hydrogen-bond donors (Lipinski definition) is 1. The Labute approximate surface area is 120 Å². The van der Waals surface area contributed by atoms with Crippen molar-refractivity contribution in [3.05, 3.63) is 34.9 Å². The fourth-order valence-corrected chi connectivity index (χ4v) is 3.22. The van der Waals surface area contributed by atoms with Crippen molar-refractivity contribution in [2.75, 3.05) is 33.2 Å². The van der Waals surface area contributed by atoms with Crippen LogP contribution in [0, 0.1) is 0 Å². The van der Waals surface area contributed by atoms with Crippen LogP contribution in [0.2, 0.25) is 0 Å². The zero-order valence-corrected chi connectivity index (χ0v) is 12.4. The number of likely N-dealkylation sites (N-methyl/N-ethyl adjacent to an activating group) is 1. The lowest BCUT2D eigenvalue weighted by molar-refractivity contribution is 0.0533. The summed E-state index contributed by atoms with van der Waals surface area (Å²) in [4.78, 5) is 17.0. The third-order valence-corrected chi connectivity index (χ3v) is 4.43. The van der Waals surface area contributed by atoms with Crippen LogP contribution in [0.1, 0.15) is 28.4 Å². The highest BCUT2D eigenvalue weighted by Gasteiger charge is 2.26. The SMILES string of the molecule is CC1CN(C)CCN1C(=O)c1ccc2c(c1)CNCC2. The van der Waals surface area contributed by atoms with E-state index in [-0.39, 0.29) is 11.9 Å². The van der Waals surface area contributed by atoms with Gasteiger partial charge in [0.15, 0.2) is 0 Å². The maximum Gasteiger partial charge on any atom is 0.254 e. The molecule has 4 nitrogen and oxygen atoms in total. The van der Waals surface area contributed by atoms with Gasteiger partial charge in [-0.3, -0.25) is 4.79 Å². The number of nitrogens with zero attached hydrogens (tertiary/aromatic N) is 2. The van der Waals surface area contributed by atoms with Gasteiger partial charge in [0.25, 0.3) is 5.91 Å². The van der Waals surface area contributed by atoms with E-state index in [9.17, 15) is 4.79 Å². The number of hydrogen-bond acceptors (Lipinski definition) is 3. The summed E-state index contributed by atoms with van der Waals surface area (Å²) >= 11 is 0. The van der Waals surface area contributed by atoms with E-state index in [1.807, 2.05) is 11.0 Å². The number of carbonyl (C=O) groups is 1. The molecule has 0 aliphatic carbocycles. The molecule has 1 amide bonds. The van der Waals surface area contributed by atoms with Crippen molar-refractivity contribution < 1.29 is 4.79 Å². The highest BCUT2D eigenvalue weighted by Crippen LogP contribution is 2.19. The van der Waals surface area contributed by atoms with Gasteiger partial charge in [0.1, 0.15) is 0 Å². The topological polar surface area (TPSA) is 35.6 Å². The summed E-state index contributed by atoms with van der Waals surface area (Å²) in [7, 11) is 2.11. The molecule has 3 rings (SSSR count). The molecule has 2 aliphatic heterocycles. The summed E-state index contributed by atoms with van der Waals surface area (Å²) in [5.74, 6) is 0.180. The van der Waals surface area contributed by atoms with Crippen LogP contribution in [0.4, 0.5) is 0 Å². The lowest BCUT2D eigenvalue weighted by Gasteiger charge is -2.38. The summed E-state index contributed by atoms with van der Waals surface area (Å²) in [6.07, 6.45) is 1.06. The van der Waals surface area contributed by atoms with Crippen molar-refractivity contribution in [3.8, 4) is 0 Å². The fraction of sp³-hybridized carbons (Fsp3) is 0.562. The van der Waals surface area contributed by atoms with Crippen LogP contribution in [-0.2, 0) is 13.0 Å². The van der Waals surface area contributed by atoms with Gasteiger partial charge in [-0.25, -0.2) is 0 Å². The van der Waals surface area contributed by atoms with Crippen LogP contribution in [0.25, 0.3) is 0 Å². The van der Waals surface area contributed by atoms with Gasteiger partial charge in [0.2, 0.25) is 0 Å². The lowest BCUT2D eigenvalue weighted by Crippen LogP contribution is -2.52. The average Bonchev–Trinajstić information content (AvgIpc) is 2.46. The fourth-order valence-electron chi connectivity index (χ4n) is 3.22. The molecule has 4 heteroatoms. The smallest absolute Gasteiger partial charge is 0.254 e. The van der Waals surface area contributed by atoms with Gasteiger partial charge < -0.3 is 15.1 Å². The van der Waals surface area contributed by atoms with Crippen LogP contribution in [0.15, 0.2) is 18.2 Å². The predicted octanol–water partition coefficient (Wildman–Crippen LogP) is 1.11. The van der Waals surface area contributed by atoms with Crippen molar-refractivity contribution in [2.24, 2.45) is 0 Å². The second-order valence-corrected chi connectivity index (χ2v) is 6.02. The molecule has 0 saturated carbocycles. The lowest BCUT2D eigenvalue weighted by atomic mass is 9.98. The van der Waals surface area contributed by atoms with Gasteiger partial charge in [-0.05, 0) is 50.2 Å². The minimum atomic E-state index is 0.180. The molecule has 20 heavy (non-hydrogen) atoms. The molecule has 1 N–H and O–H groups in total. The van der Waals surface area contributed by atoms with Gasteiger partial charge in [0.05, 0.1) is 0 Å². The molecule has 1 aromatic rings. The predicted molar refractivity (Wildman–Crippen MR) is 79.8 cm³/mol. The van der Waals surface area contributed by atoms with E-state index in [2.05, 4.69) is 36.3 Å². The van der Waals surface area contributed by atoms with E-state index in [1.165, 1.54) is 11.1 Å². The summed E-state index contributed by atoms with van der Waals surface area (Å²) in [6, 6.07) is 6.49. The molecule has 2 heterocycles.